The number of aliphatic hydroxyl groups is 2. The second kappa shape index (κ2) is 8.03. The fourth-order valence-electron chi connectivity index (χ4n) is 2.82. The molecule has 196 valence electrons. The zero-order chi connectivity index (χ0) is 27.4. The molecule has 0 saturated heterocycles. The van der Waals surface area contributed by atoms with E-state index >= 15 is 8.78 Å². The highest BCUT2D eigenvalue weighted by atomic mass is 19.3. The van der Waals surface area contributed by atoms with Gasteiger partial charge in [-0.1, -0.05) is 13.2 Å². The maximum Gasteiger partial charge on any atom is 0.397 e. The van der Waals surface area contributed by atoms with Crippen molar-refractivity contribution in [2.75, 3.05) is 13.3 Å². The SMILES string of the molecule is C=CC(=O)OC1(F)C(F)(F)C(O)(CF)C(F)(F)C(O)(CF)C(F)(F)C(F)(OC(=O)C=C)C1(F)F. The fourth-order valence-corrected chi connectivity index (χ4v) is 2.82. The van der Waals surface area contributed by atoms with Crippen LogP contribution in [0, 0.1) is 0 Å². The quantitative estimate of drug-likeness (QED) is 0.313. The van der Waals surface area contributed by atoms with Gasteiger partial charge in [-0.3, -0.25) is 0 Å². The number of alkyl halides is 12. The first-order chi connectivity index (χ1) is 15.0. The minimum atomic E-state index is -7.63. The molecule has 0 aromatic heterocycles. The summed E-state index contributed by atoms with van der Waals surface area (Å²) in [5.74, 6) is -49.9. The third-order valence-corrected chi connectivity index (χ3v) is 4.90. The minimum Gasteiger partial charge on any atom is -0.413 e. The van der Waals surface area contributed by atoms with Gasteiger partial charge in [-0.2, -0.15) is 43.9 Å². The summed E-state index contributed by atoms with van der Waals surface area (Å²) in [6.45, 7) is -3.03. The van der Waals surface area contributed by atoms with Gasteiger partial charge in [0.15, 0.2) is 0 Å². The summed E-state index contributed by atoms with van der Waals surface area (Å²) in [6.07, 6.45) is -0.935. The molecule has 0 heterocycles. The number of esters is 2. The number of rotatable bonds is 6. The minimum absolute atomic E-state index is 0.468. The van der Waals surface area contributed by atoms with E-state index < -0.39 is 84.0 Å². The average Bonchev–Trinajstić information content (AvgIpc) is 2.75. The van der Waals surface area contributed by atoms with Crippen LogP contribution in [0.4, 0.5) is 52.7 Å². The van der Waals surface area contributed by atoms with Crippen LogP contribution in [0.2, 0.25) is 0 Å². The molecule has 4 unspecified atom stereocenters. The van der Waals surface area contributed by atoms with Gasteiger partial charge in [0.25, 0.3) is 0 Å². The van der Waals surface area contributed by atoms with E-state index in [1.165, 1.54) is 0 Å². The van der Waals surface area contributed by atoms with E-state index in [-0.39, 0.29) is 0 Å². The Bertz CT molecular complexity index is 815. The smallest absolute Gasteiger partial charge is 0.397 e. The molecule has 1 aliphatic carbocycles. The lowest BCUT2D eigenvalue weighted by atomic mass is 9.67. The Labute approximate surface area is 180 Å². The van der Waals surface area contributed by atoms with Crippen LogP contribution in [-0.2, 0) is 19.1 Å². The Kier molecular flexibility index (Phi) is 6.97. The highest BCUT2D eigenvalue weighted by molar-refractivity contribution is 5.82. The van der Waals surface area contributed by atoms with E-state index in [0.717, 1.165) is 0 Å². The molecule has 0 aromatic rings. The van der Waals surface area contributed by atoms with Gasteiger partial charge in [-0.05, 0) is 0 Å². The van der Waals surface area contributed by atoms with Crippen molar-refractivity contribution in [2.45, 2.75) is 46.6 Å². The predicted molar refractivity (Wildman–Crippen MR) is 81.9 cm³/mol. The van der Waals surface area contributed by atoms with Gasteiger partial charge >= 0.3 is 47.3 Å². The van der Waals surface area contributed by atoms with Crippen LogP contribution < -0.4 is 0 Å². The molecule has 18 heteroatoms. The molecule has 0 spiro atoms. The van der Waals surface area contributed by atoms with Crippen LogP contribution in [0.5, 0.6) is 0 Å². The van der Waals surface area contributed by atoms with Crippen LogP contribution in [0.25, 0.3) is 0 Å². The van der Waals surface area contributed by atoms with Crippen molar-refractivity contribution in [1.82, 2.24) is 0 Å². The number of carbonyl (C=O) groups is 2. The molecule has 0 aliphatic heterocycles. The molecule has 0 radical (unpaired) electrons. The number of carbonyl (C=O) groups excluding carboxylic acids is 2. The van der Waals surface area contributed by atoms with Gasteiger partial charge in [0, 0.05) is 12.2 Å². The van der Waals surface area contributed by atoms with Crippen LogP contribution >= 0.6 is 0 Å². The maximum atomic E-state index is 15.2. The zero-order valence-corrected chi connectivity index (χ0v) is 16.0. The summed E-state index contributed by atoms with van der Waals surface area (Å²) in [5, 5.41) is 19.0. The summed E-state index contributed by atoms with van der Waals surface area (Å²) in [5.41, 5.74) is -13.2. The molecular weight excluding hydrogens is 516 g/mol. The second-order valence-corrected chi connectivity index (χ2v) is 6.73. The number of ether oxygens (including phenoxy) is 2. The number of hydrogen-bond acceptors (Lipinski definition) is 6. The van der Waals surface area contributed by atoms with E-state index in [1.54, 1.807) is 0 Å². The molecule has 2 N–H and O–H groups in total. The van der Waals surface area contributed by atoms with Crippen LogP contribution in [0.3, 0.4) is 0 Å². The summed E-state index contributed by atoms with van der Waals surface area (Å²) < 4.78 is 181. The van der Waals surface area contributed by atoms with Crippen LogP contribution in [-0.4, -0.2) is 82.1 Å². The second-order valence-electron chi connectivity index (χ2n) is 6.73. The predicted octanol–water partition coefficient (Wildman–Crippen LogP) is 2.73. The average molecular weight is 528 g/mol. The molecule has 1 fully saturated rings. The van der Waals surface area contributed by atoms with Gasteiger partial charge < -0.3 is 19.7 Å². The lowest BCUT2D eigenvalue weighted by Crippen LogP contribution is -2.89. The molecule has 6 nitrogen and oxygen atoms in total. The first kappa shape index (κ1) is 29.5. The van der Waals surface area contributed by atoms with Gasteiger partial charge in [0.1, 0.15) is 13.3 Å². The largest absolute Gasteiger partial charge is 0.413 e. The summed E-state index contributed by atoms with van der Waals surface area (Å²) in [6, 6.07) is 0. The monoisotopic (exact) mass is 528 g/mol. The van der Waals surface area contributed by atoms with Crippen molar-refractivity contribution in [3.05, 3.63) is 25.3 Å². The third-order valence-electron chi connectivity index (χ3n) is 4.90. The van der Waals surface area contributed by atoms with Gasteiger partial charge in [-0.15, -0.1) is 0 Å². The third kappa shape index (κ3) is 2.99. The first-order valence-corrected chi connectivity index (χ1v) is 8.20. The van der Waals surface area contributed by atoms with E-state index in [1.807, 2.05) is 0 Å². The van der Waals surface area contributed by atoms with Crippen LogP contribution in [0.1, 0.15) is 0 Å². The van der Waals surface area contributed by atoms with Crippen molar-refractivity contribution in [3.63, 3.8) is 0 Å². The van der Waals surface area contributed by atoms with Crippen molar-refractivity contribution in [2.24, 2.45) is 0 Å². The molecule has 4 atom stereocenters. The van der Waals surface area contributed by atoms with Gasteiger partial charge in [0.2, 0.25) is 11.2 Å². The molecule has 0 bridgehead atoms. The molecule has 0 amide bonds. The van der Waals surface area contributed by atoms with Crippen molar-refractivity contribution in [3.8, 4) is 0 Å². The Morgan fingerprint density at radius 1 is 0.618 bits per heavy atom. The van der Waals surface area contributed by atoms with E-state index in [2.05, 4.69) is 22.6 Å². The number of hydrogen-bond donors (Lipinski definition) is 2. The van der Waals surface area contributed by atoms with Crippen molar-refractivity contribution >= 4 is 11.9 Å². The fraction of sp³-hybridized carbons (Fsp3) is 0.625. The molecule has 34 heavy (non-hydrogen) atoms. The number of halogens is 12. The summed E-state index contributed by atoms with van der Waals surface area (Å²) in [7, 11) is 0. The van der Waals surface area contributed by atoms with E-state index in [4.69, 9.17) is 0 Å². The summed E-state index contributed by atoms with van der Waals surface area (Å²) in [4.78, 5) is 22.4. The molecular formula is C16H12F12O6. The lowest BCUT2D eigenvalue weighted by molar-refractivity contribution is -0.510. The summed E-state index contributed by atoms with van der Waals surface area (Å²) >= 11 is 0. The molecule has 1 saturated carbocycles. The Morgan fingerprint density at radius 3 is 1.09 bits per heavy atom. The van der Waals surface area contributed by atoms with Gasteiger partial charge in [0.05, 0.1) is 0 Å². The molecule has 1 rings (SSSR count). The van der Waals surface area contributed by atoms with Crippen LogP contribution in [0.15, 0.2) is 25.3 Å². The molecule has 1 aliphatic rings. The highest BCUT2D eigenvalue weighted by Crippen LogP contribution is 2.67. The lowest BCUT2D eigenvalue weighted by Gasteiger charge is -2.56. The van der Waals surface area contributed by atoms with Crippen molar-refractivity contribution < 1.29 is 82.0 Å². The first-order valence-electron chi connectivity index (χ1n) is 8.20. The Balaban J connectivity index is 4.47. The highest BCUT2D eigenvalue weighted by Gasteiger charge is 3.00. The Morgan fingerprint density at radius 2 is 0.882 bits per heavy atom. The Hall–Kier alpha value is -2.50. The van der Waals surface area contributed by atoms with E-state index in [0.29, 0.717) is 0 Å². The standard InChI is InChI=1S/C16H12F12O6/c1-3-7(29)33-15(27)12(21,22)9(31,5-17)11(19,20)10(32,6-18)13(23,24)16(28,14(15,25)26)34-8(30)4-2/h3-4,31-32H,1-2,5-6H2. The zero-order valence-electron chi connectivity index (χ0n) is 16.0. The normalized spacial score (nSPS) is 38.1. The van der Waals surface area contributed by atoms with Crippen molar-refractivity contribution in [1.29, 1.82) is 0 Å². The van der Waals surface area contributed by atoms with Gasteiger partial charge in [-0.25, -0.2) is 18.4 Å². The topological polar surface area (TPSA) is 93.1 Å². The molecule has 0 aromatic carbocycles. The van der Waals surface area contributed by atoms with E-state index in [9.17, 15) is 63.7 Å². The maximum absolute atomic E-state index is 15.2.